The minimum absolute atomic E-state index is 0.114. The number of nitrogens with zero attached hydrogens (tertiary/aromatic N) is 1. The summed E-state index contributed by atoms with van der Waals surface area (Å²) in [6, 6.07) is 10.9. The van der Waals surface area contributed by atoms with Crippen molar-refractivity contribution in [3.05, 3.63) is 59.2 Å². The van der Waals surface area contributed by atoms with Gasteiger partial charge in [0.05, 0.1) is 5.56 Å². The molecule has 0 spiro atoms. The molecule has 5 nitrogen and oxygen atoms in total. The normalized spacial score (nSPS) is 16.4. The Balaban J connectivity index is 2.09. The van der Waals surface area contributed by atoms with Gasteiger partial charge in [-0.3, -0.25) is 9.69 Å². The molecule has 2 aromatic carbocycles. The van der Waals surface area contributed by atoms with Crippen LogP contribution in [0.2, 0.25) is 0 Å². The number of benzene rings is 2. The lowest BCUT2D eigenvalue weighted by Gasteiger charge is -2.23. The molecule has 22 heavy (non-hydrogen) atoms. The summed E-state index contributed by atoms with van der Waals surface area (Å²) in [5, 5.41) is 19.4. The molecule has 2 N–H and O–H groups in total. The van der Waals surface area contributed by atoms with Crippen molar-refractivity contribution >= 4 is 17.6 Å². The lowest BCUT2D eigenvalue weighted by molar-refractivity contribution is -0.138. The average Bonchev–Trinajstić information content (AvgIpc) is 2.88. The quantitative estimate of drug-likeness (QED) is 0.892. The molecular weight excluding hydrogens is 282 g/mol. The van der Waals surface area contributed by atoms with Crippen molar-refractivity contribution in [2.75, 3.05) is 4.90 Å². The highest BCUT2D eigenvalue weighted by molar-refractivity contribution is 6.12. The summed E-state index contributed by atoms with van der Waals surface area (Å²) in [5.41, 5.74) is 2.33. The topological polar surface area (TPSA) is 77.8 Å². The number of carbonyl (C=O) groups is 2. The van der Waals surface area contributed by atoms with Crippen LogP contribution in [0.15, 0.2) is 42.5 Å². The van der Waals surface area contributed by atoms with Crippen molar-refractivity contribution < 1.29 is 19.8 Å². The summed E-state index contributed by atoms with van der Waals surface area (Å²) in [5.74, 6) is -1.71. The Morgan fingerprint density at radius 1 is 1.18 bits per heavy atom. The van der Waals surface area contributed by atoms with Crippen molar-refractivity contribution in [1.82, 2.24) is 0 Å². The van der Waals surface area contributed by atoms with E-state index in [1.54, 1.807) is 24.3 Å². The summed E-state index contributed by atoms with van der Waals surface area (Å²) in [7, 11) is 0. The number of aryl methyl sites for hydroxylation is 1. The number of hydrogen-bond donors (Lipinski definition) is 2. The molecule has 1 heterocycles. The van der Waals surface area contributed by atoms with Crippen LogP contribution in [0.4, 0.5) is 5.69 Å². The SMILES string of the molecule is Cc1ccc(O)c(C(=O)N2c3ccccc3CC2C(=O)O)c1. The number of hydrogen-bond acceptors (Lipinski definition) is 3. The van der Waals surface area contributed by atoms with E-state index in [0.717, 1.165) is 11.1 Å². The van der Waals surface area contributed by atoms with Gasteiger partial charge in [-0.05, 0) is 30.7 Å². The van der Waals surface area contributed by atoms with Crippen LogP contribution in [0.1, 0.15) is 21.5 Å². The highest BCUT2D eigenvalue weighted by Gasteiger charge is 2.39. The predicted molar refractivity (Wildman–Crippen MR) is 81.2 cm³/mol. The fourth-order valence-corrected chi connectivity index (χ4v) is 2.79. The summed E-state index contributed by atoms with van der Waals surface area (Å²) in [4.78, 5) is 25.6. The van der Waals surface area contributed by atoms with Crippen LogP contribution in [-0.2, 0) is 11.2 Å². The van der Waals surface area contributed by atoms with Crippen LogP contribution >= 0.6 is 0 Å². The lowest BCUT2D eigenvalue weighted by atomic mass is 10.1. The molecule has 1 atom stereocenters. The third-order valence-corrected chi connectivity index (χ3v) is 3.86. The van der Waals surface area contributed by atoms with Crippen LogP contribution in [-0.4, -0.2) is 28.1 Å². The van der Waals surface area contributed by atoms with E-state index >= 15 is 0 Å². The number of aromatic hydroxyl groups is 1. The van der Waals surface area contributed by atoms with Crippen LogP contribution < -0.4 is 4.90 Å². The van der Waals surface area contributed by atoms with Gasteiger partial charge in [-0.1, -0.05) is 29.8 Å². The smallest absolute Gasteiger partial charge is 0.327 e. The Morgan fingerprint density at radius 3 is 2.64 bits per heavy atom. The highest BCUT2D eigenvalue weighted by Crippen LogP contribution is 2.34. The number of amides is 1. The molecule has 0 saturated carbocycles. The Morgan fingerprint density at radius 2 is 1.91 bits per heavy atom. The van der Waals surface area contributed by atoms with Crippen molar-refractivity contribution in [3.63, 3.8) is 0 Å². The predicted octanol–water partition coefficient (Wildman–Crippen LogP) is 2.36. The standard InChI is InChI=1S/C17H15NO4/c1-10-6-7-15(19)12(8-10)16(20)18-13-5-3-2-4-11(13)9-14(18)17(21)22/h2-8,14,19H,9H2,1H3,(H,21,22). The zero-order chi connectivity index (χ0) is 15.9. The van der Waals surface area contributed by atoms with Gasteiger partial charge in [-0.2, -0.15) is 0 Å². The third-order valence-electron chi connectivity index (χ3n) is 3.86. The molecule has 0 aliphatic carbocycles. The average molecular weight is 297 g/mol. The number of carboxylic acids is 1. The molecule has 5 heteroatoms. The first-order chi connectivity index (χ1) is 10.5. The number of carbonyl (C=O) groups excluding carboxylic acids is 1. The van der Waals surface area contributed by atoms with Gasteiger partial charge in [0, 0.05) is 12.1 Å². The zero-order valence-electron chi connectivity index (χ0n) is 12.0. The number of rotatable bonds is 2. The molecule has 2 aromatic rings. The third kappa shape index (κ3) is 2.20. The van der Waals surface area contributed by atoms with Gasteiger partial charge in [0.1, 0.15) is 11.8 Å². The Hall–Kier alpha value is -2.82. The van der Waals surface area contributed by atoms with E-state index in [0.29, 0.717) is 5.69 Å². The number of phenols is 1. The van der Waals surface area contributed by atoms with Crippen LogP contribution in [0.25, 0.3) is 0 Å². The van der Waals surface area contributed by atoms with E-state index < -0.39 is 17.9 Å². The second kappa shape index (κ2) is 5.18. The van der Waals surface area contributed by atoms with E-state index in [2.05, 4.69) is 0 Å². The minimum atomic E-state index is -1.06. The number of carboxylic acid groups (broad SMARTS) is 1. The summed E-state index contributed by atoms with van der Waals surface area (Å²) >= 11 is 0. The molecule has 0 radical (unpaired) electrons. The number of anilines is 1. The Labute approximate surface area is 127 Å². The van der Waals surface area contributed by atoms with Crippen molar-refractivity contribution in [2.24, 2.45) is 0 Å². The first-order valence-corrected chi connectivity index (χ1v) is 6.93. The first kappa shape index (κ1) is 14.1. The van der Waals surface area contributed by atoms with E-state index in [9.17, 15) is 19.8 Å². The molecule has 0 bridgehead atoms. The van der Waals surface area contributed by atoms with E-state index in [-0.39, 0.29) is 17.7 Å². The number of fused-ring (bicyclic) bond motifs is 1. The molecule has 0 saturated heterocycles. The fourth-order valence-electron chi connectivity index (χ4n) is 2.79. The zero-order valence-corrected chi connectivity index (χ0v) is 12.0. The second-order valence-electron chi connectivity index (χ2n) is 5.38. The fraction of sp³-hybridized carbons (Fsp3) is 0.176. The van der Waals surface area contributed by atoms with Crippen LogP contribution in [0.5, 0.6) is 5.75 Å². The molecule has 112 valence electrons. The maximum atomic E-state index is 12.8. The lowest BCUT2D eigenvalue weighted by Crippen LogP contribution is -2.42. The van der Waals surface area contributed by atoms with Gasteiger partial charge in [0.15, 0.2) is 0 Å². The van der Waals surface area contributed by atoms with E-state index in [4.69, 9.17) is 0 Å². The van der Waals surface area contributed by atoms with Gasteiger partial charge in [0.2, 0.25) is 0 Å². The summed E-state index contributed by atoms with van der Waals surface area (Å²) < 4.78 is 0. The number of aliphatic carboxylic acids is 1. The van der Waals surface area contributed by atoms with Crippen molar-refractivity contribution in [3.8, 4) is 5.75 Å². The molecule has 0 aromatic heterocycles. The highest BCUT2D eigenvalue weighted by atomic mass is 16.4. The first-order valence-electron chi connectivity index (χ1n) is 6.93. The molecule has 3 rings (SSSR count). The molecular formula is C17H15NO4. The maximum Gasteiger partial charge on any atom is 0.327 e. The summed E-state index contributed by atoms with van der Waals surface area (Å²) in [6.07, 6.45) is 0.268. The Bertz CT molecular complexity index is 769. The number of phenolic OH excluding ortho intramolecular Hbond substituents is 1. The second-order valence-corrected chi connectivity index (χ2v) is 5.38. The molecule has 1 amide bonds. The van der Waals surface area contributed by atoms with Gasteiger partial charge in [0.25, 0.3) is 5.91 Å². The molecule has 1 aliphatic heterocycles. The minimum Gasteiger partial charge on any atom is -0.507 e. The molecule has 0 fully saturated rings. The van der Waals surface area contributed by atoms with Crippen molar-refractivity contribution in [1.29, 1.82) is 0 Å². The van der Waals surface area contributed by atoms with Crippen molar-refractivity contribution in [2.45, 2.75) is 19.4 Å². The van der Waals surface area contributed by atoms with Gasteiger partial charge < -0.3 is 10.2 Å². The van der Waals surface area contributed by atoms with E-state index in [1.165, 1.54) is 11.0 Å². The van der Waals surface area contributed by atoms with Gasteiger partial charge in [-0.25, -0.2) is 4.79 Å². The van der Waals surface area contributed by atoms with Crippen LogP contribution in [0.3, 0.4) is 0 Å². The van der Waals surface area contributed by atoms with Gasteiger partial charge >= 0.3 is 5.97 Å². The maximum absolute atomic E-state index is 12.8. The Kier molecular flexibility index (Phi) is 3.33. The monoisotopic (exact) mass is 297 g/mol. The molecule has 1 aliphatic rings. The largest absolute Gasteiger partial charge is 0.507 e. The number of para-hydroxylation sites is 1. The summed E-state index contributed by atoms with van der Waals surface area (Å²) in [6.45, 7) is 1.81. The van der Waals surface area contributed by atoms with Crippen LogP contribution in [0, 0.1) is 6.92 Å². The van der Waals surface area contributed by atoms with E-state index in [1.807, 2.05) is 19.1 Å². The van der Waals surface area contributed by atoms with Gasteiger partial charge in [-0.15, -0.1) is 0 Å². The molecule has 1 unspecified atom stereocenters.